The van der Waals surface area contributed by atoms with Crippen LogP contribution < -0.4 is 5.32 Å². The van der Waals surface area contributed by atoms with Crippen molar-refractivity contribution in [2.24, 2.45) is 11.8 Å². The van der Waals surface area contributed by atoms with E-state index in [1.54, 1.807) is 18.4 Å². The molecule has 0 saturated heterocycles. The number of nitrogens with zero attached hydrogens (tertiary/aromatic N) is 1. The summed E-state index contributed by atoms with van der Waals surface area (Å²) in [4.78, 5) is 4.57. The van der Waals surface area contributed by atoms with Crippen LogP contribution in [0.3, 0.4) is 0 Å². The number of hydrogen-bond donors (Lipinski definition) is 1. The largest absolute Gasteiger partial charge is 0.383 e. The zero-order valence-corrected chi connectivity index (χ0v) is 12.8. The van der Waals surface area contributed by atoms with Gasteiger partial charge in [-0.2, -0.15) is 0 Å². The molecule has 0 saturated carbocycles. The lowest BCUT2D eigenvalue weighted by Crippen LogP contribution is -2.28. The van der Waals surface area contributed by atoms with Gasteiger partial charge >= 0.3 is 0 Å². The molecule has 1 aromatic rings. The number of rotatable bonds is 9. The van der Waals surface area contributed by atoms with Gasteiger partial charge in [0.2, 0.25) is 0 Å². The smallest absolute Gasteiger partial charge is 0.0931 e. The normalized spacial score (nSPS) is 13.2. The minimum Gasteiger partial charge on any atom is -0.383 e. The third-order valence-electron chi connectivity index (χ3n) is 2.85. The first-order valence-electron chi connectivity index (χ1n) is 6.72. The molecule has 0 spiro atoms. The van der Waals surface area contributed by atoms with Gasteiger partial charge in [0.15, 0.2) is 0 Å². The Morgan fingerprint density at radius 3 is 2.78 bits per heavy atom. The Morgan fingerprint density at radius 1 is 1.44 bits per heavy atom. The minimum absolute atomic E-state index is 0.674. The molecular weight excluding hydrogens is 244 g/mol. The number of aryl methyl sites for hydroxylation is 1. The third kappa shape index (κ3) is 6.47. The van der Waals surface area contributed by atoms with Crippen molar-refractivity contribution in [1.82, 2.24) is 10.3 Å². The van der Waals surface area contributed by atoms with Crippen molar-refractivity contribution in [1.29, 1.82) is 0 Å². The quantitative estimate of drug-likeness (QED) is 0.701. The molecule has 0 aromatic carbocycles. The first-order chi connectivity index (χ1) is 8.61. The average Bonchev–Trinajstić information content (AvgIpc) is 2.69. The van der Waals surface area contributed by atoms with Crippen molar-refractivity contribution in [3.63, 3.8) is 0 Å². The van der Waals surface area contributed by atoms with Gasteiger partial charge in [0, 0.05) is 31.1 Å². The maximum Gasteiger partial charge on any atom is 0.0931 e. The van der Waals surface area contributed by atoms with Crippen molar-refractivity contribution in [2.45, 2.75) is 33.6 Å². The van der Waals surface area contributed by atoms with Crippen molar-refractivity contribution < 1.29 is 4.74 Å². The Kier molecular flexibility index (Phi) is 7.47. The van der Waals surface area contributed by atoms with Crippen molar-refractivity contribution >= 4 is 11.3 Å². The second-order valence-corrected chi connectivity index (χ2v) is 6.22. The maximum absolute atomic E-state index is 5.05. The number of hydrogen-bond acceptors (Lipinski definition) is 4. The van der Waals surface area contributed by atoms with Gasteiger partial charge in [0.05, 0.1) is 11.6 Å². The lowest BCUT2D eigenvalue weighted by molar-refractivity contribution is 0.197. The van der Waals surface area contributed by atoms with E-state index in [2.05, 4.69) is 36.5 Å². The van der Waals surface area contributed by atoms with Crippen LogP contribution in [-0.4, -0.2) is 31.8 Å². The van der Waals surface area contributed by atoms with Crippen LogP contribution in [0.25, 0.3) is 0 Å². The Morgan fingerprint density at radius 2 is 2.22 bits per heavy atom. The molecule has 18 heavy (non-hydrogen) atoms. The Bertz CT molecular complexity index is 325. The van der Waals surface area contributed by atoms with E-state index in [4.69, 9.17) is 4.74 Å². The summed E-state index contributed by atoms with van der Waals surface area (Å²) in [6.07, 6.45) is 2.34. The van der Waals surface area contributed by atoms with Crippen molar-refractivity contribution in [2.75, 3.05) is 26.8 Å². The van der Waals surface area contributed by atoms with Gasteiger partial charge in [-0.05, 0) is 31.7 Å². The molecule has 1 unspecified atom stereocenters. The molecule has 3 nitrogen and oxygen atoms in total. The van der Waals surface area contributed by atoms with Crippen LogP contribution in [0.15, 0.2) is 5.38 Å². The number of nitrogens with one attached hydrogen (secondary N) is 1. The zero-order valence-electron chi connectivity index (χ0n) is 12.0. The van der Waals surface area contributed by atoms with E-state index in [0.717, 1.165) is 37.7 Å². The molecule has 0 aliphatic carbocycles. The summed E-state index contributed by atoms with van der Waals surface area (Å²) in [5, 5.41) is 6.88. The average molecular weight is 270 g/mol. The van der Waals surface area contributed by atoms with Gasteiger partial charge in [-0.1, -0.05) is 13.8 Å². The topological polar surface area (TPSA) is 34.1 Å². The van der Waals surface area contributed by atoms with E-state index in [1.165, 1.54) is 11.4 Å². The SMILES string of the molecule is COCCNCC(Cc1nc(C)cs1)CC(C)C. The molecule has 104 valence electrons. The van der Waals surface area contributed by atoms with E-state index >= 15 is 0 Å². The van der Waals surface area contributed by atoms with Gasteiger partial charge in [0.1, 0.15) is 0 Å². The number of aromatic nitrogens is 1. The molecule has 0 bridgehead atoms. The lowest BCUT2D eigenvalue weighted by Gasteiger charge is -2.18. The third-order valence-corrected chi connectivity index (χ3v) is 3.84. The highest BCUT2D eigenvalue weighted by molar-refractivity contribution is 7.09. The van der Waals surface area contributed by atoms with Crippen LogP contribution >= 0.6 is 11.3 Å². The molecule has 0 fully saturated rings. The lowest BCUT2D eigenvalue weighted by atomic mass is 9.94. The highest BCUT2D eigenvalue weighted by atomic mass is 32.1. The summed E-state index contributed by atoms with van der Waals surface area (Å²) in [6, 6.07) is 0. The predicted molar refractivity (Wildman–Crippen MR) is 78.2 cm³/mol. The van der Waals surface area contributed by atoms with E-state index in [9.17, 15) is 0 Å². The Hall–Kier alpha value is -0.450. The molecular formula is C14H26N2OS. The molecule has 1 heterocycles. The molecule has 0 aliphatic heterocycles. The molecule has 4 heteroatoms. The maximum atomic E-state index is 5.05. The van der Waals surface area contributed by atoms with Crippen LogP contribution in [-0.2, 0) is 11.2 Å². The fourth-order valence-electron chi connectivity index (χ4n) is 2.13. The molecule has 0 aliphatic rings. The van der Waals surface area contributed by atoms with Gasteiger partial charge < -0.3 is 10.1 Å². The predicted octanol–water partition coefficient (Wildman–Crippen LogP) is 2.89. The van der Waals surface area contributed by atoms with Gasteiger partial charge in [0.25, 0.3) is 0 Å². The summed E-state index contributed by atoms with van der Waals surface area (Å²) in [6.45, 7) is 9.41. The fraction of sp³-hybridized carbons (Fsp3) is 0.786. The summed E-state index contributed by atoms with van der Waals surface area (Å²) in [7, 11) is 1.74. The van der Waals surface area contributed by atoms with E-state index in [1.807, 2.05) is 0 Å². The second-order valence-electron chi connectivity index (χ2n) is 5.28. The van der Waals surface area contributed by atoms with Crippen molar-refractivity contribution in [3.8, 4) is 0 Å². The van der Waals surface area contributed by atoms with Crippen LogP contribution in [0.4, 0.5) is 0 Å². The summed E-state index contributed by atoms with van der Waals surface area (Å²) in [5.74, 6) is 1.41. The van der Waals surface area contributed by atoms with Crippen LogP contribution in [0.1, 0.15) is 31.0 Å². The molecule has 0 amide bonds. The molecule has 1 N–H and O–H groups in total. The standard InChI is InChI=1S/C14H26N2OS/c1-11(2)7-13(9-15-5-6-17-4)8-14-16-12(3)10-18-14/h10-11,13,15H,5-9H2,1-4H3. The highest BCUT2D eigenvalue weighted by Crippen LogP contribution is 2.19. The first-order valence-corrected chi connectivity index (χ1v) is 7.60. The summed E-state index contributed by atoms with van der Waals surface area (Å²) >= 11 is 1.79. The Labute approximate surface area is 115 Å². The molecule has 0 radical (unpaired) electrons. The van der Waals surface area contributed by atoms with Gasteiger partial charge in [-0.25, -0.2) is 4.98 Å². The minimum atomic E-state index is 0.674. The zero-order chi connectivity index (χ0) is 13.4. The second kappa shape index (κ2) is 8.62. The van der Waals surface area contributed by atoms with Crippen molar-refractivity contribution in [3.05, 3.63) is 16.1 Å². The fourth-order valence-corrected chi connectivity index (χ4v) is 3.02. The van der Waals surface area contributed by atoms with Crippen LogP contribution in [0, 0.1) is 18.8 Å². The van der Waals surface area contributed by atoms with Crippen LogP contribution in [0.2, 0.25) is 0 Å². The van der Waals surface area contributed by atoms with E-state index in [-0.39, 0.29) is 0 Å². The summed E-state index contributed by atoms with van der Waals surface area (Å²) < 4.78 is 5.05. The summed E-state index contributed by atoms with van der Waals surface area (Å²) in [5.41, 5.74) is 1.14. The van der Waals surface area contributed by atoms with E-state index < -0.39 is 0 Å². The van der Waals surface area contributed by atoms with Gasteiger partial charge in [-0.3, -0.25) is 0 Å². The Balaban J connectivity index is 2.39. The van der Waals surface area contributed by atoms with Gasteiger partial charge in [-0.15, -0.1) is 11.3 Å². The number of ether oxygens (including phenoxy) is 1. The highest BCUT2D eigenvalue weighted by Gasteiger charge is 2.13. The monoisotopic (exact) mass is 270 g/mol. The molecule has 1 atom stereocenters. The van der Waals surface area contributed by atoms with E-state index in [0.29, 0.717) is 5.92 Å². The first kappa shape index (κ1) is 15.6. The number of methoxy groups -OCH3 is 1. The molecule has 1 aromatic heterocycles. The number of thiazole rings is 1. The molecule has 1 rings (SSSR count). The van der Waals surface area contributed by atoms with Crippen LogP contribution in [0.5, 0.6) is 0 Å².